The smallest absolute Gasteiger partial charge is 0.387 e. The van der Waals surface area contributed by atoms with Crippen molar-refractivity contribution in [2.24, 2.45) is 0 Å². The van der Waals surface area contributed by atoms with Crippen LogP contribution in [0.4, 0.5) is 5.82 Å². The Labute approximate surface area is 278 Å². The zero-order valence-electron chi connectivity index (χ0n) is 26.6. The monoisotopic (exact) mass is 744 g/mol. The second kappa shape index (κ2) is 18.2. The van der Waals surface area contributed by atoms with Gasteiger partial charge in [-0.25, -0.2) is 28.6 Å². The zero-order chi connectivity index (χ0) is 34.8. The van der Waals surface area contributed by atoms with Crippen molar-refractivity contribution >= 4 is 40.4 Å². The molecule has 1 saturated heterocycles. The molecule has 0 aromatic carbocycles. The van der Waals surface area contributed by atoms with Crippen LogP contribution in [0, 0.1) is 0 Å². The van der Waals surface area contributed by atoms with E-state index in [-0.39, 0.29) is 23.6 Å². The van der Waals surface area contributed by atoms with E-state index in [4.69, 9.17) is 15.0 Å². The van der Waals surface area contributed by atoms with E-state index in [0.717, 1.165) is 25.7 Å². The van der Waals surface area contributed by atoms with Gasteiger partial charge in [-0.15, -0.1) is 0 Å². The molecule has 48 heavy (non-hydrogen) atoms. The fourth-order valence-corrected chi connectivity index (χ4v) is 9.27. The van der Waals surface area contributed by atoms with Crippen molar-refractivity contribution < 1.29 is 61.0 Å². The van der Waals surface area contributed by atoms with Gasteiger partial charge in [-0.1, -0.05) is 57.8 Å². The molecule has 4 rings (SSSR count). The number of phosphoric ester groups is 2. The van der Waals surface area contributed by atoms with Crippen molar-refractivity contribution in [2.75, 3.05) is 25.5 Å². The summed E-state index contributed by atoms with van der Waals surface area (Å²) >= 11 is 0. The van der Waals surface area contributed by atoms with Crippen LogP contribution in [0.25, 0.3) is 11.2 Å². The van der Waals surface area contributed by atoms with Crippen LogP contribution >= 0.6 is 23.5 Å². The molecule has 5 unspecified atom stereocenters. The Morgan fingerprint density at radius 1 is 0.833 bits per heavy atom. The molecular weight excluding hydrogens is 697 g/mol. The maximum atomic E-state index is 12.4. The van der Waals surface area contributed by atoms with E-state index in [9.17, 15) is 38.6 Å². The fourth-order valence-electron chi connectivity index (χ4n) is 5.72. The number of nitrogens with two attached hydrogens (primary N) is 1. The van der Waals surface area contributed by atoms with Crippen LogP contribution in [0.15, 0.2) is 12.7 Å². The van der Waals surface area contributed by atoms with Crippen LogP contribution in [0.3, 0.4) is 0 Å². The molecule has 7 atom stereocenters. The zero-order valence-corrected chi connectivity index (χ0v) is 29.2. The largest absolute Gasteiger partial charge is 0.490 e. The van der Waals surface area contributed by atoms with E-state index in [2.05, 4.69) is 33.4 Å². The van der Waals surface area contributed by atoms with E-state index in [1.807, 2.05) is 0 Å². The highest BCUT2D eigenvalue weighted by atomic mass is 31.3. The van der Waals surface area contributed by atoms with Crippen molar-refractivity contribution in [2.45, 2.75) is 114 Å². The number of ether oxygens (including phenoxy) is 1. The van der Waals surface area contributed by atoms with Gasteiger partial charge >= 0.3 is 23.5 Å². The summed E-state index contributed by atoms with van der Waals surface area (Å²) in [5.74, 6) is 0.0579. The van der Waals surface area contributed by atoms with Crippen molar-refractivity contribution in [3.05, 3.63) is 12.7 Å². The highest BCUT2D eigenvalue weighted by Gasteiger charge is 2.47. The van der Waals surface area contributed by atoms with Gasteiger partial charge in [0, 0.05) is 6.04 Å². The maximum absolute atomic E-state index is 12.4. The number of nitrogens with zero attached hydrogens (tertiary/aromatic N) is 4. The average molecular weight is 745 g/mol. The number of aromatic nitrogens is 4. The number of imidazole rings is 1. The fraction of sp³-hybridized carbons (Fsp3) is 0.808. The van der Waals surface area contributed by atoms with E-state index < -0.39 is 54.6 Å². The Bertz CT molecular complexity index is 1440. The summed E-state index contributed by atoms with van der Waals surface area (Å²) in [5, 5.41) is 24.5. The van der Waals surface area contributed by atoms with Gasteiger partial charge in [-0.05, 0) is 32.2 Å². The topological polar surface area (TPSA) is 280 Å². The molecule has 1 aliphatic carbocycles. The Kier molecular flexibility index (Phi) is 14.9. The number of phosphoric acid groups is 3. The van der Waals surface area contributed by atoms with Gasteiger partial charge in [0.25, 0.3) is 0 Å². The predicted octanol–water partition coefficient (Wildman–Crippen LogP) is 3.44. The third-order valence-corrected chi connectivity index (χ3v) is 12.5. The number of aliphatic hydroxyl groups excluding tert-OH is 2. The van der Waals surface area contributed by atoms with Crippen molar-refractivity contribution in [3.8, 4) is 0 Å². The van der Waals surface area contributed by atoms with Crippen LogP contribution in [-0.4, -0.2) is 88.5 Å². The third-order valence-electron chi connectivity index (χ3n) is 8.18. The number of anilines is 1. The molecule has 1 saturated carbocycles. The van der Waals surface area contributed by atoms with Crippen molar-refractivity contribution in [3.63, 3.8) is 0 Å². The van der Waals surface area contributed by atoms with E-state index >= 15 is 0 Å². The summed E-state index contributed by atoms with van der Waals surface area (Å²) in [7, 11) is -16.3. The van der Waals surface area contributed by atoms with Crippen LogP contribution < -0.4 is 11.1 Å². The molecule has 19 nitrogen and oxygen atoms in total. The molecule has 2 fully saturated rings. The number of unbranched alkanes of at least 4 members (excludes halogenated alkanes) is 3. The summed E-state index contributed by atoms with van der Waals surface area (Å²) < 4.78 is 61.3. The molecule has 0 bridgehead atoms. The minimum Gasteiger partial charge on any atom is -0.387 e. The Morgan fingerprint density at radius 2 is 1.46 bits per heavy atom. The second-order valence-corrected chi connectivity index (χ2v) is 16.6. The number of hydrogen-bond acceptors (Lipinski definition) is 15. The first kappa shape index (κ1) is 39.4. The minimum atomic E-state index is -5.68. The maximum Gasteiger partial charge on any atom is 0.490 e. The first-order chi connectivity index (χ1) is 22.8. The average Bonchev–Trinajstić information content (AvgIpc) is 3.56. The molecule has 2 aromatic rings. The molecule has 22 heteroatoms. The van der Waals surface area contributed by atoms with E-state index in [1.54, 1.807) is 0 Å². The number of fused-ring (bicyclic) bond motifs is 1. The van der Waals surface area contributed by atoms with Gasteiger partial charge in [-0.2, -0.15) is 8.62 Å². The predicted molar refractivity (Wildman–Crippen MR) is 171 cm³/mol. The molecular formula is C26H47N6O13P3. The van der Waals surface area contributed by atoms with Crippen molar-refractivity contribution in [1.29, 1.82) is 0 Å². The standard InChI is InChI=1S/C26H47N6O13P3/c27-24-21-25(30-17-29-24)32(18-31-21)26-23(34)22(33)20(43-26)16-42-47(37,38)45-48(39,40)44-46(35,36)41-15-11-7-6-10-14-28-19-12-8-4-2-1-3-5-9-13-19/h17-20,22-23,26,28,33-34H,1-16H2,(H,35,36)(H,37,38)(H,39,40)(H2,27,29,30)/t20-,22?,23?,26-/m1/s1. The minimum absolute atomic E-state index is 0.0579. The van der Waals surface area contributed by atoms with E-state index in [0.29, 0.717) is 18.9 Å². The highest BCUT2D eigenvalue weighted by Crippen LogP contribution is 2.67. The van der Waals surface area contributed by atoms with E-state index in [1.165, 1.54) is 68.7 Å². The van der Waals surface area contributed by atoms with Gasteiger partial charge < -0.3 is 40.7 Å². The van der Waals surface area contributed by atoms with Gasteiger partial charge in [-0.3, -0.25) is 13.6 Å². The third kappa shape index (κ3) is 12.1. The molecule has 274 valence electrons. The van der Waals surface area contributed by atoms with Crippen LogP contribution in [0.2, 0.25) is 0 Å². The summed E-state index contributed by atoms with van der Waals surface area (Å²) in [6, 6.07) is 0.535. The first-order valence-electron chi connectivity index (χ1n) is 16.1. The summed E-state index contributed by atoms with van der Waals surface area (Å²) in [4.78, 5) is 41.6. The lowest BCUT2D eigenvalue weighted by Gasteiger charge is -2.20. The lowest BCUT2D eigenvalue weighted by molar-refractivity contribution is -0.0503. The number of nitrogen functional groups attached to an aromatic ring is 1. The molecule has 3 heterocycles. The lowest BCUT2D eigenvalue weighted by Crippen LogP contribution is -2.33. The quantitative estimate of drug-likeness (QED) is 0.0902. The molecule has 8 N–H and O–H groups in total. The number of aliphatic hydroxyl groups is 2. The second-order valence-electron chi connectivity index (χ2n) is 11.9. The molecule has 0 amide bonds. The number of rotatable bonds is 17. The van der Waals surface area contributed by atoms with Gasteiger partial charge in [0.2, 0.25) is 0 Å². The molecule has 0 spiro atoms. The molecule has 1 aliphatic heterocycles. The SMILES string of the molecule is Nc1ncnc2c1ncn2[C@@H]1O[C@H](COP(=O)(O)OP(=O)(O)OP(=O)(O)OCCCCCCNC2CCCCCCCCC2)C(O)C1O. The molecule has 2 aromatic heterocycles. The Morgan fingerprint density at radius 3 is 2.15 bits per heavy atom. The molecule has 2 aliphatic rings. The Balaban J connectivity index is 1.14. The summed E-state index contributed by atoms with van der Waals surface area (Å²) in [5.41, 5.74) is 6.13. The van der Waals surface area contributed by atoms with Gasteiger partial charge in [0.15, 0.2) is 17.7 Å². The van der Waals surface area contributed by atoms with Crippen LogP contribution in [-0.2, 0) is 36.1 Å². The van der Waals surface area contributed by atoms with Crippen molar-refractivity contribution in [1.82, 2.24) is 24.8 Å². The normalized spacial score (nSPS) is 26.9. The number of nitrogens with one attached hydrogen (secondary N) is 1. The number of hydrogen-bond donors (Lipinski definition) is 7. The van der Waals surface area contributed by atoms with Crippen LogP contribution in [0.5, 0.6) is 0 Å². The van der Waals surface area contributed by atoms with Crippen LogP contribution in [0.1, 0.15) is 89.7 Å². The van der Waals surface area contributed by atoms with Gasteiger partial charge in [0.1, 0.15) is 30.2 Å². The summed E-state index contributed by atoms with van der Waals surface area (Å²) in [6.45, 7) is -0.320. The molecule has 0 radical (unpaired) electrons. The lowest BCUT2D eigenvalue weighted by atomic mass is 9.97. The van der Waals surface area contributed by atoms with Gasteiger partial charge in [0.05, 0.1) is 19.5 Å². The Hall–Kier alpha value is -1.40. The first-order valence-corrected chi connectivity index (χ1v) is 20.6. The summed E-state index contributed by atoms with van der Waals surface area (Å²) in [6.07, 6.45) is 10.6. The highest BCUT2D eigenvalue weighted by molar-refractivity contribution is 7.66.